The fourth-order valence-corrected chi connectivity index (χ4v) is 0.514. The molecule has 0 saturated heterocycles. The van der Waals surface area contributed by atoms with E-state index in [-0.39, 0.29) is 0 Å². The van der Waals surface area contributed by atoms with Crippen LogP contribution in [0.25, 0.3) is 0 Å². The Hall–Kier alpha value is -1.12. The van der Waals surface area contributed by atoms with Crippen molar-refractivity contribution in [2.45, 2.75) is 6.42 Å². The fraction of sp³-hybridized carbons (Fsp3) is 0.200. The van der Waals surface area contributed by atoms with Gasteiger partial charge in [-0.2, -0.15) is 5.10 Å². The molecule has 0 amide bonds. The molecule has 0 aliphatic carbocycles. The van der Waals surface area contributed by atoms with Crippen LogP contribution < -0.4 is 5.43 Å². The Balaban J connectivity index is 2.68. The Morgan fingerprint density at radius 2 is 2.62 bits per heavy atom. The minimum absolute atomic E-state index is 0.414. The van der Waals surface area contributed by atoms with E-state index in [1.807, 2.05) is 0 Å². The van der Waals surface area contributed by atoms with Crippen LogP contribution in [0.2, 0.25) is 0 Å². The first-order chi connectivity index (χ1) is 3.79. The molecule has 0 atom stereocenters. The molecule has 1 rings (SSSR count). The zero-order valence-corrected chi connectivity index (χ0v) is 4.44. The minimum atomic E-state index is 0.414. The Morgan fingerprint density at radius 1 is 1.88 bits per heavy atom. The molecule has 1 aliphatic heterocycles. The summed E-state index contributed by atoms with van der Waals surface area (Å²) in [6.07, 6.45) is 2.22. The number of hydrazone groups is 1. The van der Waals surface area contributed by atoms with Crippen molar-refractivity contribution in [3.05, 3.63) is 12.2 Å². The van der Waals surface area contributed by atoms with Crippen molar-refractivity contribution in [1.82, 2.24) is 5.43 Å². The van der Waals surface area contributed by atoms with Gasteiger partial charge in [0, 0.05) is 6.42 Å². The van der Waals surface area contributed by atoms with Gasteiger partial charge in [0.25, 0.3) is 0 Å². The molecule has 0 saturated carbocycles. The summed E-state index contributed by atoms with van der Waals surface area (Å²) in [5.41, 5.74) is 3.39. The van der Waals surface area contributed by atoms with E-state index in [1.54, 1.807) is 6.21 Å². The van der Waals surface area contributed by atoms with Gasteiger partial charge < -0.3 is 0 Å². The van der Waals surface area contributed by atoms with Gasteiger partial charge in [-0.05, 0) is 5.57 Å². The van der Waals surface area contributed by atoms with Crippen LogP contribution in [0.4, 0.5) is 0 Å². The molecule has 0 fully saturated rings. The lowest BCUT2D eigenvalue weighted by molar-refractivity contribution is 0.963. The Morgan fingerprint density at radius 3 is 3.00 bits per heavy atom. The van der Waals surface area contributed by atoms with Crippen molar-refractivity contribution in [1.29, 1.82) is 5.41 Å². The van der Waals surface area contributed by atoms with Crippen molar-refractivity contribution >= 4 is 12.1 Å². The van der Waals surface area contributed by atoms with Gasteiger partial charge in [0.2, 0.25) is 0 Å². The van der Waals surface area contributed by atoms with E-state index >= 15 is 0 Å². The summed E-state index contributed by atoms with van der Waals surface area (Å²) in [7, 11) is 0. The van der Waals surface area contributed by atoms with Gasteiger partial charge in [0.1, 0.15) is 5.84 Å². The summed E-state index contributed by atoms with van der Waals surface area (Å²) < 4.78 is 0. The van der Waals surface area contributed by atoms with Crippen LogP contribution in [0.5, 0.6) is 0 Å². The molecular formula is C5H7N3. The highest BCUT2D eigenvalue weighted by Crippen LogP contribution is 1.97. The predicted octanol–water partition coefficient (Wildman–Crippen LogP) is 0.499. The number of hydrogen-bond donors (Lipinski definition) is 2. The van der Waals surface area contributed by atoms with E-state index in [9.17, 15) is 0 Å². The third kappa shape index (κ3) is 0.932. The molecule has 0 aromatic rings. The summed E-state index contributed by atoms with van der Waals surface area (Å²) in [6, 6.07) is 0. The Kier molecular flexibility index (Phi) is 1.12. The molecule has 2 N–H and O–H groups in total. The van der Waals surface area contributed by atoms with Crippen LogP contribution in [0, 0.1) is 5.41 Å². The second-order valence-electron chi connectivity index (χ2n) is 1.68. The average Bonchev–Trinajstić information content (AvgIpc) is 1.64. The van der Waals surface area contributed by atoms with E-state index in [0.29, 0.717) is 12.3 Å². The topological polar surface area (TPSA) is 48.2 Å². The number of nitrogens with one attached hydrogen (secondary N) is 2. The van der Waals surface area contributed by atoms with E-state index < -0.39 is 0 Å². The van der Waals surface area contributed by atoms with Crippen LogP contribution >= 0.6 is 0 Å². The summed E-state index contributed by atoms with van der Waals surface area (Å²) in [4.78, 5) is 0. The average molecular weight is 109 g/mol. The van der Waals surface area contributed by atoms with Crippen LogP contribution in [0.1, 0.15) is 6.42 Å². The number of rotatable bonds is 0. The van der Waals surface area contributed by atoms with Crippen molar-refractivity contribution in [2.24, 2.45) is 5.10 Å². The third-order valence-corrected chi connectivity index (χ3v) is 0.850. The van der Waals surface area contributed by atoms with Gasteiger partial charge in [0.15, 0.2) is 0 Å². The first kappa shape index (κ1) is 5.03. The zero-order chi connectivity index (χ0) is 5.98. The van der Waals surface area contributed by atoms with Gasteiger partial charge in [0.05, 0.1) is 6.21 Å². The second kappa shape index (κ2) is 1.78. The van der Waals surface area contributed by atoms with Gasteiger partial charge in [-0.3, -0.25) is 10.8 Å². The molecule has 0 unspecified atom stereocenters. The maximum Gasteiger partial charge on any atom is 0.118 e. The van der Waals surface area contributed by atoms with Crippen molar-refractivity contribution in [2.75, 3.05) is 0 Å². The van der Waals surface area contributed by atoms with Gasteiger partial charge in [-0.25, -0.2) is 0 Å². The number of hydrogen-bond acceptors (Lipinski definition) is 2. The summed E-state index contributed by atoms with van der Waals surface area (Å²) >= 11 is 0. The van der Waals surface area contributed by atoms with Crippen molar-refractivity contribution in [3.63, 3.8) is 0 Å². The third-order valence-electron chi connectivity index (χ3n) is 0.850. The lowest BCUT2D eigenvalue weighted by Gasteiger charge is -2.06. The van der Waals surface area contributed by atoms with Crippen molar-refractivity contribution in [3.8, 4) is 0 Å². The summed E-state index contributed by atoms with van der Waals surface area (Å²) in [5, 5.41) is 10.7. The normalized spacial score (nSPS) is 18.5. The molecule has 3 heteroatoms. The lowest BCUT2D eigenvalue weighted by Crippen LogP contribution is -2.21. The smallest absolute Gasteiger partial charge is 0.118 e. The predicted molar refractivity (Wildman–Crippen MR) is 33.1 cm³/mol. The van der Waals surface area contributed by atoms with E-state index in [1.165, 1.54) is 0 Å². The molecule has 0 aromatic heterocycles. The van der Waals surface area contributed by atoms with E-state index in [0.717, 1.165) is 5.57 Å². The van der Waals surface area contributed by atoms with Crippen LogP contribution in [0.3, 0.4) is 0 Å². The quantitative estimate of drug-likeness (QED) is 0.467. The standard InChI is InChI=1S/C5H7N3/c1-4-2-5(6)8-7-3-4/h3H,1-2H2,(H2,6,8). The van der Waals surface area contributed by atoms with Crippen LogP contribution in [0.15, 0.2) is 17.3 Å². The minimum Gasteiger partial charge on any atom is -0.287 e. The van der Waals surface area contributed by atoms with Gasteiger partial charge in [-0.15, -0.1) is 0 Å². The highest BCUT2D eigenvalue weighted by Gasteiger charge is 2.00. The molecule has 1 aliphatic rings. The number of nitrogens with zero attached hydrogens (tertiary/aromatic N) is 1. The molecule has 3 nitrogen and oxygen atoms in total. The Labute approximate surface area is 47.6 Å². The maximum absolute atomic E-state index is 7.03. The zero-order valence-electron chi connectivity index (χ0n) is 4.44. The van der Waals surface area contributed by atoms with Crippen LogP contribution in [-0.2, 0) is 0 Å². The molecule has 0 aromatic carbocycles. The monoisotopic (exact) mass is 109 g/mol. The molecule has 8 heavy (non-hydrogen) atoms. The largest absolute Gasteiger partial charge is 0.287 e. The van der Waals surface area contributed by atoms with Crippen molar-refractivity contribution < 1.29 is 0 Å². The molecule has 0 spiro atoms. The molecule has 0 bridgehead atoms. The highest BCUT2D eigenvalue weighted by atomic mass is 15.3. The summed E-state index contributed by atoms with van der Waals surface area (Å²) in [6.45, 7) is 3.63. The SMILES string of the molecule is C=C1C=NNC(=N)C1. The highest BCUT2D eigenvalue weighted by molar-refractivity contribution is 5.93. The van der Waals surface area contributed by atoms with Crippen LogP contribution in [-0.4, -0.2) is 12.1 Å². The first-order valence-electron chi connectivity index (χ1n) is 2.33. The molecule has 1 heterocycles. The number of amidine groups is 1. The fourth-order valence-electron chi connectivity index (χ4n) is 0.514. The maximum atomic E-state index is 7.03. The molecular weight excluding hydrogens is 102 g/mol. The molecule has 0 radical (unpaired) electrons. The second-order valence-corrected chi connectivity index (χ2v) is 1.68. The Bertz CT molecular complexity index is 157. The van der Waals surface area contributed by atoms with E-state index in [2.05, 4.69) is 17.1 Å². The molecule has 42 valence electrons. The summed E-state index contributed by atoms with van der Waals surface area (Å²) in [5.74, 6) is 0.414. The van der Waals surface area contributed by atoms with E-state index in [4.69, 9.17) is 5.41 Å². The van der Waals surface area contributed by atoms with Gasteiger partial charge >= 0.3 is 0 Å². The lowest BCUT2D eigenvalue weighted by atomic mass is 10.2. The first-order valence-corrected chi connectivity index (χ1v) is 2.33. The van der Waals surface area contributed by atoms with Gasteiger partial charge in [-0.1, -0.05) is 6.58 Å².